The van der Waals surface area contributed by atoms with Crippen molar-refractivity contribution < 1.29 is 9.18 Å². The number of primary amides is 1. The van der Waals surface area contributed by atoms with E-state index in [1.807, 2.05) is 6.92 Å². The lowest BCUT2D eigenvalue weighted by molar-refractivity contribution is 0.100. The van der Waals surface area contributed by atoms with Gasteiger partial charge in [-0.3, -0.25) is 4.79 Å². The highest BCUT2D eigenvalue weighted by molar-refractivity contribution is 5.99. The molecule has 1 aromatic carbocycles. The fourth-order valence-corrected chi connectivity index (χ4v) is 2.27. The lowest BCUT2D eigenvalue weighted by atomic mass is 9.95. The number of carbonyl (C=O) groups excluding carboxylic acids is 1. The van der Waals surface area contributed by atoms with Gasteiger partial charge in [0.1, 0.15) is 5.82 Å². The summed E-state index contributed by atoms with van der Waals surface area (Å²) in [6.07, 6.45) is 2.01. The van der Waals surface area contributed by atoms with Gasteiger partial charge in [0.15, 0.2) is 0 Å². The number of nitrogens with one attached hydrogen (secondary N) is 1. The van der Waals surface area contributed by atoms with Crippen LogP contribution in [0, 0.1) is 11.7 Å². The van der Waals surface area contributed by atoms with E-state index >= 15 is 0 Å². The third kappa shape index (κ3) is 3.59. The summed E-state index contributed by atoms with van der Waals surface area (Å²) < 4.78 is 13.8. The van der Waals surface area contributed by atoms with Crippen molar-refractivity contribution in [2.75, 3.05) is 11.1 Å². The van der Waals surface area contributed by atoms with Crippen molar-refractivity contribution >= 4 is 17.3 Å². The lowest BCUT2D eigenvalue weighted by Gasteiger charge is -2.24. The zero-order chi connectivity index (χ0) is 14.6. The first kappa shape index (κ1) is 15.3. The van der Waals surface area contributed by atoms with Crippen LogP contribution in [-0.4, -0.2) is 11.9 Å². The summed E-state index contributed by atoms with van der Waals surface area (Å²) in [4.78, 5) is 11.2. The van der Waals surface area contributed by atoms with Crippen LogP contribution in [0.1, 0.15) is 44.0 Å². The lowest BCUT2D eigenvalue weighted by Crippen LogP contribution is -2.26. The van der Waals surface area contributed by atoms with E-state index in [1.54, 1.807) is 0 Å². The van der Waals surface area contributed by atoms with Crippen molar-refractivity contribution in [2.45, 2.75) is 39.7 Å². The maximum Gasteiger partial charge on any atom is 0.250 e. The maximum absolute atomic E-state index is 13.8. The summed E-state index contributed by atoms with van der Waals surface area (Å²) in [6, 6.07) is 2.61. The predicted molar refractivity (Wildman–Crippen MR) is 76.5 cm³/mol. The zero-order valence-corrected chi connectivity index (χ0v) is 11.7. The number of benzene rings is 1. The normalized spacial score (nSPS) is 12.5. The smallest absolute Gasteiger partial charge is 0.250 e. The number of hydrogen-bond donors (Lipinski definition) is 3. The van der Waals surface area contributed by atoms with Crippen LogP contribution in [0.4, 0.5) is 15.8 Å². The van der Waals surface area contributed by atoms with Crippen LogP contribution >= 0.6 is 0 Å². The quantitative estimate of drug-likeness (QED) is 0.693. The molecular formula is C14H22FN3O. The van der Waals surface area contributed by atoms with Crippen LogP contribution in [0.5, 0.6) is 0 Å². The van der Waals surface area contributed by atoms with Gasteiger partial charge in [-0.2, -0.15) is 0 Å². The first-order chi connectivity index (χ1) is 8.90. The molecule has 1 atom stereocenters. The molecule has 1 aromatic rings. The van der Waals surface area contributed by atoms with E-state index in [4.69, 9.17) is 11.5 Å². The second kappa shape index (κ2) is 6.41. The van der Waals surface area contributed by atoms with Gasteiger partial charge in [0.05, 0.1) is 11.3 Å². The Kier molecular flexibility index (Phi) is 5.15. The average molecular weight is 267 g/mol. The molecule has 0 aromatic heterocycles. The van der Waals surface area contributed by atoms with Gasteiger partial charge in [-0.25, -0.2) is 4.39 Å². The van der Waals surface area contributed by atoms with Crippen LogP contribution in [0.15, 0.2) is 12.1 Å². The van der Waals surface area contributed by atoms with E-state index in [0.717, 1.165) is 18.9 Å². The third-order valence-corrected chi connectivity index (χ3v) is 3.54. The van der Waals surface area contributed by atoms with E-state index in [0.29, 0.717) is 5.92 Å². The van der Waals surface area contributed by atoms with Gasteiger partial charge in [-0.1, -0.05) is 26.7 Å². The molecule has 0 aliphatic heterocycles. The van der Waals surface area contributed by atoms with E-state index in [2.05, 4.69) is 19.2 Å². The monoisotopic (exact) mass is 267 g/mol. The van der Waals surface area contributed by atoms with Crippen LogP contribution < -0.4 is 16.8 Å². The Balaban J connectivity index is 3.01. The Bertz CT molecular complexity index is 458. The van der Waals surface area contributed by atoms with Crippen molar-refractivity contribution in [3.63, 3.8) is 0 Å². The van der Waals surface area contributed by atoms with Crippen LogP contribution in [0.25, 0.3) is 0 Å². The topological polar surface area (TPSA) is 81.1 Å². The van der Waals surface area contributed by atoms with Gasteiger partial charge < -0.3 is 16.8 Å². The molecule has 0 spiro atoms. The molecule has 5 heteroatoms. The van der Waals surface area contributed by atoms with E-state index in [-0.39, 0.29) is 23.0 Å². The Hall–Kier alpha value is -1.78. The number of rotatable bonds is 6. The molecule has 0 aliphatic carbocycles. The van der Waals surface area contributed by atoms with Crippen LogP contribution in [-0.2, 0) is 0 Å². The summed E-state index contributed by atoms with van der Waals surface area (Å²) in [5, 5.41) is 3.10. The molecule has 1 unspecified atom stereocenters. The molecule has 0 aliphatic rings. The highest BCUT2D eigenvalue weighted by Gasteiger charge is 2.17. The number of nitrogens with two attached hydrogens (primary N) is 2. The molecular weight excluding hydrogens is 245 g/mol. The number of halogens is 1. The largest absolute Gasteiger partial charge is 0.398 e. The highest BCUT2D eigenvalue weighted by atomic mass is 19.1. The fourth-order valence-electron chi connectivity index (χ4n) is 2.27. The number of amides is 1. The Morgan fingerprint density at radius 2 is 1.95 bits per heavy atom. The molecule has 5 N–H and O–H groups in total. The van der Waals surface area contributed by atoms with Crippen molar-refractivity contribution in [1.29, 1.82) is 0 Å². The molecule has 19 heavy (non-hydrogen) atoms. The van der Waals surface area contributed by atoms with Gasteiger partial charge >= 0.3 is 0 Å². The molecule has 0 heterocycles. The number of anilines is 2. The molecule has 4 nitrogen and oxygen atoms in total. The number of nitrogen functional groups attached to an aromatic ring is 1. The molecule has 0 bridgehead atoms. The SMILES string of the molecule is CCC(CC)C(C)Nc1cc(C(N)=O)c(N)cc1F. The minimum atomic E-state index is -0.657. The highest BCUT2D eigenvalue weighted by Crippen LogP contribution is 2.25. The Morgan fingerprint density at radius 1 is 1.37 bits per heavy atom. The van der Waals surface area contributed by atoms with Gasteiger partial charge in [-0.15, -0.1) is 0 Å². The Morgan fingerprint density at radius 3 is 2.42 bits per heavy atom. The van der Waals surface area contributed by atoms with Crippen molar-refractivity contribution in [2.24, 2.45) is 11.7 Å². The average Bonchev–Trinajstić information content (AvgIpc) is 2.33. The first-order valence-electron chi connectivity index (χ1n) is 6.56. The first-order valence-corrected chi connectivity index (χ1v) is 6.56. The molecule has 0 saturated heterocycles. The second-order valence-electron chi connectivity index (χ2n) is 4.79. The van der Waals surface area contributed by atoms with Gasteiger partial charge in [0, 0.05) is 11.7 Å². The molecule has 0 radical (unpaired) electrons. The predicted octanol–water partition coefficient (Wildman–Crippen LogP) is 2.74. The zero-order valence-electron chi connectivity index (χ0n) is 11.7. The summed E-state index contributed by atoms with van der Waals surface area (Å²) in [7, 11) is 0. The van der Waals surface area contributed by atoms with E-state index in [9.17, 15) is 9.18 Å². The van der Waals surface area contributed by atoms with Crippen molar-refractivity contribution in [3.8, 4) is 0 Å². The van der Waals surface area contributed by atoms with E-state index < -0.39 is 11.7 Å². The third-order valence-electron chi connectivity index (χ3n) is 3.54. The summed E-state index contributed by atoms with van der Waals surface area (Å²) >= 11 is 0. The molecule has 0 saturated carbocycles. The van der Waals surface area contributed by atoms with E-state index in [1.165, 1.54) is 6.07 Å². The van der Waals surface area contributed by atoms with Crippen LogP contribution in [0.3, 0.4) is 0 Å². The minimum Gasteiger partial charge on any atom is -0.398 e. The molecule has 106 valence electrons. The molecule has 1 amide bonds. The second-order valence-corrected chi connectivity index (χ2v) is 4.79. The standard InChI is InChI=1S/C14H22FN3O/c1-4-9(5-2)8(3)18-13-6-10(14(17)19)12(16)7-11(13)15/h6-9,18H,4-5,16H2,1-3H3,(H2,17,19). The molecule has 1 rings (SSSR count). The number of carbonyl (C=O) groups is 1. The molecule has 0 fully saturated rings. The maximum atomic E-state index is 13.8. The van der Waals surface area contributed by atoms with Crippen LogP contribution in [0.2, 0.25) is 0 Å². The van der Waals surface area contributed by atoms with Gasteiger partial charge in [-0.05, 0) is 25.0 Å². The minimum absolute atomic E-state index is 0.0609. The summed E-state index contributed by atoms with van der Waals surface area (Å²) in [5.74, 6) is -0.690. The summed E-state index contributed by atoms with van der Waals surface area (Å²) in [6.45, 7) is 6.19. The fraction of sp³-hybridized carbons (Fsp3) is 0.500. The van der Waals surface area contributed by atoms with Crippen molar-refractivity contribution in [3.05, 3.63) is 23.5 Å². The number of hydrogen-bond acceptors (Lipinski definition) is 3. The van der Waals surface area contributed by atoms with Gasteiger partial charge in [0.25, 0.3) is 5.91 Å². The Labute approximate surface area is 113 Å². The van der Waals surface area contributed by atoms with Crippen molar-refractivity contribution in [1.82, 2.24) is 0 Å². The van der Waals surface area contributed by atoms with Gasteiger partial charge in [0.2, 0.25) is 0 Å². The summed E-state index contributed by atoms with van der Waals surface area (Å²) in [5.41, 5.74) is 11.2.